The lowest BCUT2D eigenvalue weighted by atomic mass is 10.1. The third-order valence-electron chi connectivity index (χ3n) is 7.92. The molecule has 0 saturated carbocycles. The molecule has 10 nitrogen and oxygen atoms in total. The van der Waals surface area contributed by atoms with E-state index in [1.807, 2.05) is 36.6 Å². The Bertz CT molecular complexity index is 1430. The van der Waals surface area contributed by atoms with Gasteiger partial charge in [0.15, 0.2) is 11.5 Å². The number of carbonyl (C=O) groups is 2. The topological polar surface area (TPSA) is 105 Å². The molecule has 0 spiro atoms. The van der Waals surface area contributed by atoms with Crippen molar-refractivity contribution in [3.8, 4) is 11.5 Å². The van der Waals surface area contributed by atoms with Crippen molar-refractivity contribution in [2.24, 2.45) is 0 Å². The lowest BCUT2D eigenvalue weighted by molar-refractivity contribution is -0.385. The van der Waals surface area contributed by atoms with E-state index in [0.29, 0.717) is 49.7 Å². The van der Waals surface area contributed by atoms with Crippen molar-refractivity contribution < 1.29 is 24.0 Å². The molecule has 43 heavy (non-hydrogen) atoms. The smallest absolute Gasteiger partial charge is 0.273 e. The number of ether oxygens (including phenoxy) is 2. The van der Waals surface area contributed by atoms with Crippen LogP contribution in [0.25, 0.3) is 0 Å². The highest BCUT2D eigenvalue weighted by Gasteiger charge is 2.26. The van der Waals surface area contributed by atoms with E-state index in [1.165, 1.54) is 6.07 Å². The van der Waals surface area contributed by atoms with Gasteiger partial charge in [-0.2, -0.15) is 0 Å². The van der Waals surface area contributed by atoms with Crippen molar-refractivity contribution in [3.05, 3.63) is 85.1 Å². The number of methoxy groups -OCH3 is 2. The molecule has 0 aliphatic carbocycles. The molecule has 2 heterocycles. The number of benzene rings is 2. The van der Waals surface area contributed by atoms with E-state index in [0.717, 1.165) is 41.9 Å². The first kappa shape index (κ1) is 32.0. The summed E-state index contributed by atoms with van der Waals surface area (Å²) >= 11 is 1.60. The van der Waals surface area contributed by atoms with Crippen molar-refractivity contribution in [1.82, 2.24) is 14.7 Å². The summed E-state index contributed by atoms with van der Waals surface area (Å²) in [4.78, 5) is 45.5. The molecule has 0 unspecified atom stereocenters. The number of likely N-dealkylation sites (tertiary alicyclic amines) is 1. The fourth-order valence-electron chi connectivity index (χ4n) is 5.24. The lowest BCUT2D eigenvalue weighted by Gasteiger charge is -2.29. The second kappa shape index (κ2) is 15.0. The molecule has 4 rings (SSSR count). The van der Waals surface area contributed by atoms with Crippen LogP contribution >= 0.6 is 11.3 Å². The highest BCUT2D eigenvalue weighted by Crippen LogP contribution is 2.28. The summed E-state index contributed by atoms with van der Waals surface area (Å²) in [6.07, 6.45) is 2.81. The molecule has 0 radical (unpaired) electrons. The van der Waals surface area contributed by atoms with Crippen molar-refractivity contribution in [1.29, 1.82) is 0 Å². The predicted molar refractivity (Wildman–Crippen MR) is 167 cm³/mol. The van der Waals surface area contributed by atoms with Gasteiger partial charge in [-0.1, -0.05) is 12.1 Å². The minimum absolute atomic E-state index is 0.110. The summed E-state index contributed by atoms with van der Waals surface area (Å²) in [6, 6.07) is 12.2. The van der Waals surface area contributed by atoms with Crippen LogP contribution in [0.15, 0.2) is 47.8 Å². The Morgan fingerprint density at radius 2 is 1.70 bits per heavy atom. The number of rotatable bonds is 14. The summed E-state index contributed by atoms with van der Waals surface area (Å²) in [5.74, 6) is 0.696. The molecule has 2 amide bonds. The van der Waals surface area contributed by atoms with Gasteiger partial charge in [-0.05, 0) is 87.0 Å². The zero-order chi connectivity index (χ0) is 30.9. The Hall–Kier alpha value is -3.96. The molecule has 1 aliphatic rings. The minimum atomic E-state index is -0.481. The second-order valence-corrected chi connectivity index (χ2v) is 11.8. The highest BCUT2D eigenvalue weighted by atomic mass is 32.1. The number of aryl methyl sites for hydroxylation is 2. The first-order chi connectivity index (χ1) is 20.7. The van der Waals surface area contributed by atoms with E-state index in [-0.39, 0.29) is 29.6 Å². The van der Waals surface area contributed by atoms with Crippen molar-refractivity contribution in [2.45, 2.75) is 39.7 Å². The first-order valence-corrected chi connectivity index (χ1v) is 15.4. The summed E-state index contributed by atoms with van der Waals surface area (Å²) < 4.78 is 10.8. The van der Waals surface area contributed by atoms with Crippen LogP contribution in [0.3, 0.4) is 0 Å². The molecule has 0 N–H and O–H groups in total. The van der Waals surface area contributed by atoms with E-state index >= 15 is 0 Å². The molecular weight excluding hydrogens is 568 g/mol. The normalized spacial score (nSPS) is 13.1. The van der Waals surface area contributed by atoms with Crippen molar-refractivity contribution >= 4 is 28.8 Å². The molecule has 0 atom stereocenters. The van der Waals surface area contributed by atoms with E-state index in [2.05, 4.69) is 4.90 Å². The van der Waals surface area contributed by atoms with Gasteiger partial charge in [0.25, 0.3) is 11.6 Å². The Morgan fingerprint density at radius 3 is 2.35 bits per heavy atom. The average molecular weight is 609 g/mol. The summed E-state index contributed by atoms with van der Waals surface area (Å²) in [5, 5.41) is 13.6. The number of hydrogen-bond donors (Lipinski definition) is 0. The predicted octanol–water partition coefficient (Wildman–Crippen LogP) is 5.10. The summed E-state index contributed by atoms with van der Waals surface area (Å²) in [7, 11) is 3.18. The Balaban J connectivity index is 1.57. The second-order valence-electron chi connectivity index (χ2n) is 10.8. The van der Waals surface area contributed by atoms with E-state index in [9.17, 15) is 19.7 Å². The van der Waals surface area contributed by atoms with Gasteiger partial charge in [0.2, 0.25) is 5.91 Å². The summed E-state index contributed by atoms with van der Waals surface area (Å²) in [6.45, 7) is 7.34. The quantitative estimate of drug-likeness (QED) is 0.185. The number of thiophene rings is 1. The molecule has 1 fully saturated rings. The molecule has 1 aromatic heterocycles. The highest BCUT2D eigenvalue weighted by molar-refractivity contribution is 7.10. The van der Waals surface area contributed by atoms with Gasteiger partial charge < -0.3 is 24.2 Å². The maximum atomic E-state index is 14.0. The Kier molecular flexibility index (Phi) is 11.1. The van der Waals surface area contributed by atoms with Crippen LogP contribution in [-0.2, 0) is 17.8 Å². The number of nitro benzene ring substituents is 1. The number of hydrogen-bond acceptors (Lipinski definition) is 8. The van der Waals surface area contributed by atoms with Crippen LogP contribution in [0.1, 0.15) is 44.8 Å². The van der Waals surface area contributed by atoms with Crippen molar-refractivity contribution in [2.75, 3.05) is 53.5 Å². The molecule has 1 aliphatic heterocycles. The molecule has 0 bridgehead atoms. The van der Waals surface area contributed by atoms with Crippen LogP contribution in [0.2, 0.25) is 0 Å². The van der Waals surface area contributed by atoms with E-state index in [1.54, 1.807) is 54.4 Å². The van der Waals surface area contributed by atoms with Gasteiger partial charge >= 0.3 is 0 Å². The molecule has 11 heteroatoms. The van der Waals surface area contributed by atoms with Crippen LogP contribution in [-0.4, -0.2) is 84.9 Å². The lowest BCUT2D eigenvalue weighted by Crippen LogP contribution is -2.45. The average Bonchev–Trinajstić information content (AvgIpc) is 3.68. The number of amides is 2. The van der Waals surface area contributed by atoms with Gasteiger partial charge in [-0.3, -0.25) is 19.7 Å². The van der Waals surface area contributed by atoms with Gasteiger partial charge in [0.1, 0.15) is 6.54 Å². The van der Waals surface area contributed by atoms with Gasteiger partial charge in [0, 0.05) is 41.7 Å². The van der Waals surface area contributed by atoms with Crippen LogP contribution in [0, 0.1) is 24.0 Å². The fourth-order valence-corrected chi connectivity index (χ4v) is 6.16. The molecular formula is C32H40N4O6S. The Labute approximate surface area is 257 Å². The fraction of sp³-hybridized carbons (Fsp3) is 0.438. The maximum absolute atomic E-state index is 14.0. The third kappa shape index (κ3) is 8.32. The SMILES string of the molecule is COc1ccc(CCN(Cc2sccc2C)C(=O)CN(CCN2CCCC2)C(=O)c2ccc(C)c([N+](=O)[O-])c2)cc1OC. The maximum Gasteiger partial charge on any atom is 0.273 e. The summed E-state index contributed by atoms with van der Waals surface area (Å²) in [5.41, 5.74) is 2.68. The standard InChI is InChI=1S/C32H40N4O6S/c1-23-7-9-26(20-27(23)36(39)40)32(38)35(17-16-33-13-5-6-14-33)22-31(37)34(21-30-24(2)12-18-43-30)15-11-25-8-10-28(41-3)29(19-25)42-4/h7-10,12,18-20H,5-6,11,13-17,21-22H2,1-4H3. The number of nitrogens with zero attached hydrogens (tertiary/aromatic N) is 4. The van der Waals surface area contributed by atoms with E-state index < -0.39 is 4.92 Å². The number of carbonyl (C=O) groups excluding carboxylic acids is 2. The Morgan fingerprint density at radius 1 is 0.953 bits per heavy atom. The van der Waals surface area contributed by atoms with E-state index in [4.69, 9.17) is 9.47 Å². The van der Waals surface area contributed by atoms with Crippen LogP contribution in [0.4, 0.5) is 5.69 Å². The number of nitro groups is 1. The molecule has 2 aromatic carbocycles. The monoisotopic (exact) mass is 608 g/mol. The van der Waals surface area contributed by atoms with Crippen LogP contribution in [0.5, 0.6) is 11.5 Å². The zero-order valence-electron chi connectivity index (χ0n) is 25.3. The van der Waals surface area contributed by atoms with Crippen LogP contribution < -0.4 is 9.47 Å². The minimum Gasteiger partial charge on any atom is -0.493 e. The molecule has 230 valence electrons. The molecule has 1 saturated heterocycles. The van der Waals surface area contributed by atoms with Gasteiger partial charge in [-0.15, -0.1) is 11.3 Å². The third-order valence-corrected chi connectivity index (χ3v) is 8.93. The zero-order valence-corrected chi connectivity index (χ0v) is 26.2. The first-order valence-electron chi connectivity index (χ1n) is 14.5. The molecule has 3 aromatic rings. The van der Waals surface area contributed by atoms with Gasteiger partial charge in [-0.25, -0.2) is 0 Å². The van der Waals surface area contributed by atoms with Gasteiger partial charge in [0.05, 0.1) is 25.7 Å². The largest absolute Gasteiger partial charge is 0.493 e. The van der Waals surface area contributed by atoms with Crippen molar-refractivity contribution in [3.63, 3.8) is 0 Å².